The average Bonchev–Trinajstić information content (AvgIpc) is 2.27. The molecule has 0 heterocycles. The number of para-hydroxylation sites is 1. The highest BCUT2D eigenvalue weighted by atomic mass is 19.1. The number of hydrogen-bond donors (Lipinski definition) is 3. The van der Waals surface area contributed by atoms with E-state index in [-0.39, 0.29) is 0 Å². The number of amides is 3. The number of anilines is 1. The molecule has 80 valence electrons. The van der Waals surface area contributed by atoms with Crippen molar-refractivity contribution in [2.24, 2.45) is 0 Å². The number of urea groups is 1. The molecule has 0 atom stereocenters. The summed E-state index contributed by atoms with van der Waals surface area (Å²) in [6, 6.07) is 8.01. The number of hydrazine groups is 1. The van der Waals surface area contributed by atoms with Crippen LogP contribution in [0.15, 0.2) is 30.3 Å². The number of alkyl halides is 1. The normalized spacial score (nSPS) is 9.13. The molecule has 3 N–H and O–H groups in total. The molecule has 0 bridgehead atoms. The van der Waals surface area contributed by atoms with Crippen LogP contribution in [-0.4, -0.2) is 18.6 Å². The maximum atomic E-state index is 11.7. The second kappa shape index (κ2) is 5.58. The molecule has 0 aliphatic heterocycles. The molecule has 6 heteroatoms. The van der Waals surface area contributed by atoms with Crippen molar-refractivity contribution in [2.75, 3.05) is 12.0 Å². The Balaban J connectivity index is 2.34. The van der Waals surface area contributed by atoms with Gasteiger partial charge in [-0.3, -0.25) is 10.2 Å². The Morgan fingerprint density at radius 3 is 2.40 bits per heavy atom. The lowest BCUT2D eigenvalue weighted by molar-refractivity contribution is -0.122. The molecule has 0 radical (unpaired) electrons. The molecule has 0 aliphatic carbocycles. The van der Waals surface area contributed by atoms with Crippen LogP contribution in [0, 0.1) is 0 Å². The lowest BCUT2D eigenvalue weighted by atomic mass is 10.3. The fourth-order valence-electron chi connectivity index (χ4n) is 0.844. The molecule has 0 fully saturated rings. The zero-order chi connectivity index (χ0) is 11.1. The first-order chi connectivity index (χ1) is 7.22. The number of hydrogen-bond acceptors (Lipinski definition) is 2. The highest BCUT2D eigenvalue weighted by molar-refractivity contribution is 5.90. The molecule has 1 aromatic carbocycles. The first-order valence-corrected chi connectivity index (χ1v) is 4.19. The standard InChI is InChI=1S/C9H10FN3O2/c10-6-8(14)12-13-9(15)11-7-4-2-1-3-5-7/h1-5H,6H2,(H,12,14)(H2,11,13,15). The Morgan fingerprint density at radius 2 is 1.80 bits per heavy atom. The van der Waals surface area contributed by atoms with Gasteiger partial charge in [0.05, 0.1) is 0 Å². The summed E-state index contributed by atoms with van der Waals surface area (Å²) in [4.78, 5) is 21.5. The number of nitrogens with one attached hydrogen (secondary N) is 3. The van der Waals surface area contributed by atoms with Gasteiger partial charge >= 0.3 is 6.03 Å². The Kier molecular flexibility index (Phi) is 4.08. The zero-order valence-corrected chi connectivity index (χ0v) is 7.79. The average molecular weight is 211 g/mol. The number of carbonyl (C=O) groups is 2. The van der Waals surface area contributed by atoms with Crippen LogP contribution in [-0.2, 0) is 4.79 Å². The van der Waals surface area contributed by atoms with Gasteiger partial charge in [0.1, 0.15) is 0 Å². The Morgan fingerprint density at radius 1 is 1.13 bits per heavy atom. The van der Waals surface area contributed by atoms with Crippen LogP contribution in [0.3, 0.4) is 0 Å². The first-order valence-electron chi connectivity index (χ1n) is 4.19. The van der Waals surface area contributed by atoms with Crippen molar-refractivity contribution in [1.82, 2.24) is 10.9 Å². The molecular formula is C9H10FN3O2. The van der Waals surface area contributed by atoms with Crippen molar-refractivity contribution in [3.63, 3.8) is 0 Å². The van der Waals surface area contributed by atoms with Crippen LogP contribution < -0.4 is 16.2 Å². The van der Waals surface area contributed by atoms with Gasteiger partial charge in [0.25, 0.3) is 5.91 Å². The van der Waals surface area contributed by atoms with Crippen molar-refractivity contribution in [3.8, 4) is 0 Å². The Hall–Kier alpha value is -2.11. The minimum Gasteiger partial charge on any atom is -0.307 e. The van der Waals surface area contributed by atoms with Gasteiger partial charge in [0.15, 0.2) is 6.67 Å². The van der Waals surface area contributed by atoms with E-state index in [4.69, 9.17) is 0 Å². The second-order valence-corrected chi connectivity index (χ2v) is 2.63. The summed E-state index contributed by atoms with van der Waals surface area (Å²) in [7, 11) is 0. The summed E-state index contributed by atoms with van der Waals surface area (Å²) in [5.74, 6) is -0.904. The SMILES string of the molecule is O=C(CF)NNC(=O)Nc1ccccc1. The van der Waals surface area contributed by atoms with E-state index < -0.39 is 18.6 Å². The third-order valence-electron chi connectivity index (χ3n) is 1.47. The monoisotopic (exact) mass is 211 g/mol. The fraction of sp³-hybridized carbons (Fsp3) is 0.111. The lowest BCUT2D eigenvalue weighted by Gasteiger charge is -2.07. The topological polar surface area (TPSA) is 70.2 Å². The molecule has 0 aromatic heterocycles. The number of benzene rings is 1. The molecule has 3 amide bonds. The largest absolute Gasteiger partial charge is 0.337 e. The van der Waals surface area contributed by atoms with Gasteiger partial charge in [-0.25, -0.2) is 14.6 Å². The molecule has 1 aromatic rings. The van der Waals surface area contributed by atoms with Gasteiger partial charge in [-0.2, -0.15) is 0 Å². The number of halogens is 1. The predicted molar refractivity (Wildman–Crippen MR) is 52.7 cm³/mol. The fourth-order valence-corrected chi connectivity index (χ4v) is 0.844. The zero-order valence-electron chi connectivity index (χ0n) is 7.79. The number of rotatable bonds is 2. The molecule has 0 unspecified atom stereocenters. The highest BCUT2D eigenvalue weighted by Gasteiger charge is 2.02. The van der Waals surface area contributed by atoms with Crippen LogP contribution in [0.1, 0.15) is 0 Å². The van der Waals surface area contributed by atoms with E-state index in [9.17, 15) is 14.0 Å². The smallest absolute Gasteiger partial charge is 0.307 e. The van der Waals surface area contributed by atoms with E-state index in [0.717, 1.165) is 0 Å². The molecular weight excluding hydrogens is 201 g/mol. The van der Waals surface area contributed by atoms with Gasteiger partial charge in [-0.05, 0) is 12.1 Å². The van der Waals surface area contributed by atoms with E-state index in [1.807, 2.05) is 10.9 Å². The molecule has 5 nitrogen and oxygen atoms in total. The van der Waals surface area contributed by atoms with Gasteiger partial charge in [0.2, 0.25) is 0 Å². The van der Waals surface area contributed by atoms with Crippen LogP contribution in [0.5, 0.6) is 0 Å². The van der Waals surface area contributed by atoms with Gasteiger partial charge < -0.3 is 5.32 Å². The summed E-state index contributed by atoms with van der Waals surface area (Å²) in [5.41, 5.74) is 4.44. The Labute approximate surface area is 85.6 Å². The van der Waals surface area contributed by atoms with Crippen molar-refractivity contribution >= 4 is 17.6 Å². The summed E-state index contributed by atoms with van der Waals surface area (Å²) in [5, 5.41) is 2.43. The van der Waals surface area contributed by atoms with Crippen LogP contribution in [0.2, 0.25) is 0 Å². The van der Waals surface area contributed by atoms with Crippen molar-refractivity contribution in [2.45, 2.75) is 0 Å². The summed E-state index contributed by atoms with van der Waals surface area (Å²) >= 11 is 0. The second-order valence-electron chi connectivity index (χ2n) is 2.63. The number of carbonyl (C=O) groups excluding carboxylic acids is 2. The minimum absolute atomic E-state index is 0.574. The van der Waals surface area contributed by atoms with E-state index >= 15 is 0 Å². The lowest BCUT2D eigenvalue weighted by Crippen LogP contribution is -2.44. The molecule has 0 spiro atoms. The van der Waals surface area contributed by atoms with Gasteiger partial charge in [-0.1, -0.05) is 18.2 Å². The molecule has 0 saturated heterocycles. The predicted octanol–water partition coefficient (Wildman–Crippen LogP) is 0.809. The maximum Gasteiger partial charge on any atom is 0.337 e. The van der Waals surface area contributed by atoms with E-state index in [2.05, 4.69) is 5.32 Å². The van der Waals surface area contributed by atoms with E-state index in [1.165, 1.54) is 0 Å². The first kappa shape index (κ1) is 11.0. The van der Waals surface area contributed by atoms with Crippen LogP contribution in [0.25, 0.3) is 0 Å². The quantitative estimate of drug-likeness (QED) is 0.633. The van der Waals surface area contributed by atoms with Crippen molar-refractivity contribution in [3.05, 3.63) is 30.3 Å². The van der Waals surface area contributed by atoms with Gasteiger partial charge in [-0.15, -0.1) is 0 Å². The van der Waals surface area contributed by atoms with E-state index in [1.54, 1.807) is 30.3 Å². The molecule has 1 rings (SSSR count). The third-order valence-corrected chi connectivity index (χ3v) is 1.47. The van der Waals surface area contributed by atoms with Crippen LogP contribution in [0.4, 0.5) is 14.9 Å². The molecule has 15 heavy (non-hydrogen) atoms. The van der Waals surface area contributed by atoms with E-state index in [0.29, 0.717) is 5.69 Å². The van der Waals surface area contributed by atoms with Crippen molar-refractivity contribution < 1.29 is 14.0 Å². The minimum atomic E-state index is -1.17. The van der Waals surface area contributed by atoms with Gasteiger partial charge in [0, 0.05) is 5.69 Å². The maximum absolute atomic E-state index is 11.7. The third kappa shape index (κ3) is 4.08. The summed E-state index contributed by atoms with van der Waals surface area (Å²) < 4.78 is 11.7. The summed E-state index contributed by atoms with van der Waals surface area (Å²) in [6.45, 7) is -1.17. The van der Waals surface area contributed by atoms with Crippen LogP contribution >= 0.6 is 0 Å². The molecule has 0 aliphatic rings. The highest BCUT2D eigenvalue weighted by Crippen LogP contribution is 2.03. The summed E-state index contributed by atoms with van der Waals surface area (Å²) in [6.07, 6.45) is 0. The Bertz CT molecular complexity index is 342. The molecule has 0 saturated carbocycles. The van der Waals surface area contributed by atoms with Crippen molar-refractivity contribution in [1.29, 1.82) is 0 Å².